The molecule has 3 nitrogen and oxygen atoms in total. The van der Waals surface area contributed by atoms with Crippen LogP contribution < -0.4 is 5.32 Å². The van der Waals surface area contributed by atoms with Crippen molar-refractivity contribution in [2.45, 2.75) is 58.1 Å². The number of ether oxygens (including phenoxy) is 1. The number of hydrogen-bond donors (Lipinski definition) is 2. The fourth-order valence-corrected chi connectivity index (χ4v) is 2.27. The molecule has 0 aliphatic heterocycles. The predicted octanol–water partition coefficient (Wildman–Crippen LogP) is 3.51. The van der Waals surface area contributed by atoms with Gasteiger partial charge in [0.05, 0.1) is 0 Å². The number of hydrogen-bond acceptors (Lipinski definition) is 3. The fraction of sp³-hybridized carbons (Fsp3) is 0.667. The Morgan fingerprint density at radius 2 is 1.62 bits per heavy atom. The number of aliphatic hydroxyl groups is 1. The normalized spacial score (nSPS) is 12.5. The van der Waals surface area contributed by atoms with Crippen LogP contribution in [0.25, 0.3) is 0 Å². The van der Waals surface area contributed by atoms with Crippen LogP contribution in [0.1, 0.15) is 51.0 Å². The Kier molecular flexibility index (Phi) is 11.1. The molecule has 0 aromatic heterocycles. The molecule has 0 spiro atoms. The molecule has 1 atom stereocenters. The minimum atomic E-state index is -0.385. The second-order valence-corrected chi connectivity index (χ2v) is 5.60. The maximum Gasteiger partial charge on any atom is 0.102 e. The maximum atomic E-state index is 9.04. The van der Waals surface area contributed by atoms with Crippen molar-refractivity contribution in [1.82, 2.24) is 5.32 Å². The number of unbranched alkanes of at least 4 members (excludes halogenated alkanes) is 4. The van der Waals surface area contributed by atoms with Crippen LogP contribution in [-0.2, 0) is 11.2 Å². The first kappa shape index (κ1) is 18.1. The zero-order valence-electron chi connectivity index (χ0n) is 13.4. The van der Waals surface area contributed by atoms with Crippen molar-refractivity contribution in [2.24, 2.45) is 0 Å². The molecule has 0 saturated carbocycles. The minimum Gasteiger partial charge on any atom is -0.381 e. The number of nitrogens with one attached hydrogen (secondary N) is 1. The van der Waals surface area contributed by atoms with Gasteiger partial charge in [0.1, 0.15) is 6.23 Å². The molecule has 120 valence electrons. The Labute approximate surface area is 129 Å². The lowest BCUT2D eigenvalue weighted by Gasteiger charge is -2.07. The number of rotatable bonds is 13. The maximum absolute atomic E-state index is 9.04. The molecule has 2 N–H and O–H groups in total. The lowest BCUT2D eigenvalue weighted by atomic mass is 10.1. The first-order chi connectivity index (χ1) is 10.3. The van der Waals surface area contributed by atoms with Crippen molar-refractivity contribution < 1.29 is 9.84 Å². The Balaban J connectivity index is 1.77. The van der Waals surface area contributed by atoms with Crippen molar-refractivity contribution in [1.29, 1.82) is 0 Å². The van der Waals surface area contributed by atoms with Crippen LogP contribution in [0.3, 0.4) is 0 Å². The van der Waals surface area contributed by atoms with E-state index in [9.17, 15) is 0 Å². The predicted molar refractivity (Wildman–Crippen MR) is 88.4 cm³/mol. The molecular weight excluding hydrogens is 262 g/mol. The molecule has 3 heteroatoms. The van der Waals surface area contributed by atoms with Gasteiger partial charge in [0.2, 0.25) is 0 Å². The zero-order chi connectivity index (χ0) is 15.2. The summed E-state index contributed by atoms with van der Waals surface area (Å²) in [4.78, 5) is 0. The second-order valence-electron chi connectivity index (χ2n) is 5.60. The molecule has 1 rings (SSSR count). The van der Waals surface area contributed by atoms with Crippen molar-refractivity contribution in [3.05, 3.63) is 35.9 Å². The summed E-state index contributed by atoms with van der Waals surface area (Å²) in [6.07, 6.45) is 7.81. The van der Waals surface area contributed by atoms with Crippen molar-refractivity contribution in [3.8, 4) is 0 Å². The average molecular weight is 293 g/mol. The lowest BCUT2D eigenvalue weighted by Crippen LogP contribution is -2.26. The molecule has 0 saturated heterocycles. The van der Waals surface area contributed by atoms with E-state index in [1.54, 1.807) is 6.92 Å². The highest BCUT2D eigenvalue weighted by molar-refractivity contribution is 5.14. The van der Waals surface area contributed by atoms with Gasteiger partial charge in [0.25, 0.3) is 0 Å². The quantitative estimate of drug-likeness (QED) is 0.432. The molecule has 0 bridgehead atoms. The Bertz CT molecular complexity index is 327. The highest BCUT2D eigenvalue weighted by Gasteiger charge is 1.95. The van der Waals surface area contributed by atoms with E-state index in [0.29, 0.717) is 0 Å². The van der Waals surface area contributed by atoms with Crippen LogP contribution in [0.2, 0.25) is 0 Å². The monoisotopic (exact) mass is 293 g/mol. The van der Waals surface area contributed by atoms with Gasteiger partial charge in [0.15, 0.2) is 0 Å². The molecule has 0 aliphatic rings. The van der Waals surface area contributed by atoms with Crippen LogP contribution in [0.4, 0.5) is 0 Å². The van der Waals surface area contributed by atoms with Crippen LogP contribution >= 0.6 is 0 Å². The number of benzene rings is 1. The van der Waals surface area contributed by atoms with E-state index >= 15 is 0 Å². The van der Waals surface area contributed by atoms with Gasteiger partial charge in [-0.15, -0.1) is 0 Å². The van der Waals surface area contributed by atoms with E-state index in [1.165, 1.54) is 24.8 Å². The fourth-order valence-electron chi connectivity index (χ4n) is 2.27. The molecule has 0 aliphatic carbocycles. The molecule has 0 heterocycles. The van der Waals surface area contributed by atoms with E-state index in [-0.39, 0.29) is 6.23 Å². The van der Waals surface area contributed by atoms with Gasteiger partial charge in [-0.3, -0.25) is 5.32 Å². The van der Waals surface area contributed by atoms with Gasteiger partial charge in [-0.25, -0.2) is 0 Å². The Hall–Kier alpha value is -0.900. The summed E-state index contributed by atoms with van der Waals surface area (Å²) in [5, 5.41) is 12.0. The van der Waals surface area contributed by atoms with Gasteiger partial charge < -0.3 is 9.84 Å². The SMILES string of the molecule is CC(O)NCCCCCCOCCCCc1ccccc1. The van der Waals surface area contributed by atoms with Gasteiger partial charge in [-0.1, -0.05) is 43.2 Å². The van der Waals surface area contributed by atoms with E-state index in [2.05, 4.69) is 35.6 Å². The van der Waals surface area contributed by atoms with Crippen LogP contribution in [0, 0.1) is 0 Å². The van der Waals surface area contributed by atoms with E-state index in [4.69, 9.17) is 9.84 Å². The molecule has 0 radical (unpaired) electrons. The lowest BCUT2D eigenvalue weighted by molar-refractivity contribution is 0.126. The third-order valence-corrected chi connectivity index (χ3v) is 3.50. The minimum absolute atomic E-state index is 0.385. The summed E-state index contributed by atoms with van der Waals surface area (Å²) in [6, 6.07) is 10.6. The standard InChI is InChI=1S/C18H31NO2/c1-17(20)19-14-8-2-3-9-15-21-16-10-7-13-18-11-5-4-6-12-18/h4-6,11-12,17,19-20H,2-3,7-10,13-16H2,1H3. The number of aliphatic hydroxyl groups excluding tert-OH is 1. The van der Waals surface area contributed by atoms with E-state index < -0.39 is 0 Å². The summed E-state index contributed by atoms with van der Waals surface area (Å²) in [7, 11) is 0. The van der Waals surface area contributed by atoms with Crippen LogP contribution in [0.5, 0.6) is 0 Å². The second kappa shape index (κ2) is 12.8. The smallest absolute Gasteiger partial charge is 0.102 e. The highest BCUT2D eigenvalue weighted by Crippen LogP contribution is 2.05. The first-order valence-electron chi connectivity index (χ1n) is 8.32. The Morgan fingerprint density at radius 3 is 2.33 bits per heavy atom. The van der Waals surface area contributed by atoms with Gasteiger partial charge in [-0.05, 0) is 51.1 Å². The van der Waals surface area contributed by atoms with Gasteiger partial charge in [-0.2, -0.15) is 0 Å². The third kappa shape index (κ3) is 11.4. The van der Waals surface area contributed by atoms with E-state index in [0.717, 1.165) is 45.4 Å². The summed E-state index contributed by atoms with van der Waals surface area (Å²) in [6.45, 7) is 4.43. The molecule has 0 amide bonds. The largest absolute Gasteiger partial charge is 0.381 e. The van der Waals surface area contributed by atoms with Crippen LogP contribution in [0.15, 0.2) is 30.3 Å². The molecule has 1 aromatic carbocycles. The number of aryl methyl sites for hydroxylation is 1. The van der Waals surface area contributed by atoms with Gasteiger partial charge in [0, 0.05) is 13.2 Å². The third-order valence-electron chi connectivity index (χ3n) is 3.50. The zero-order valence-corrected chi connectivity index (χ0v) is 13.4. The van der Waals surface area contributed by atoms with Crippen LogP contribution in [-0.4, -0.2) is 31.1 Å². The molecule has 0 fully saturated rings. The van der Waals surface area contributed by atoms with E-state index in [1.807, 2.05) is 0 Å². The van der Waals surface area contributed by atoms with Gasteiger partial charge >= 0.3 is 0 Å². The molecule has 1 unspecified atom stereocenters. The van der Waals surface area contributed by atoms with Crippen molar-refractivity contribution in [2.75, 3.05) is 19.8 Å². The summed E-state index contributed by atoms with van der Waals surface area (Å²) >= 11 is 0. The summed E-state index contributed by atoms with van der Waals surface area (Å²) < 4.78 is 5.66. The average Bonchev–Trinajstić information content (AvgIpc) is 2.49. The summed E-state index contributed by atoms with van der Waals surface area (Å²) in [5.41, 5.74) is 1.42. The van der Waals surface area contributed by atoms with Crippen molar-refractivity contribution in [3.63, 3.8) is 0 Å². The molecule has 1 aromatic rings. The molecule has 21 heavy (non-hydrogen) atoms. The topological polar surface area (TPSA) is 41.5 Å². The first-order valence-corrected chi connectivity index (χ1v) is 8.32. The van der Waals surface area contributed by atoms with Crippen molar-refractivity contribution >= 4 is 0 Å². The molecular formula is C18H31NO2. The Morgan fingerprint density at radius 1 is 0.952 bits per heavy atom. The summed E-state index contributed by atoms with van der Waals surface area (Å²) in [5.74, 6) is 0. The highest BCUT2D eigenvalue weighted by atomic mass is 16.5.